The Bertz CT molecular complexity index is 1140. The van der Waals surface area contributed by atoms with Crippen LogP contribution in [0, 0.1) is 0 Å². The van der Waals surface area contributed by atoms with Crippen molar-refractivity contribution in [2.75, 3.05) is 0 Å². The third kappa shape index (κ3) is 6.59. The molecule has 2 atom stereocenters. The fourth-order valence-corrected chi connectivity index (χ4v) is 4.86. The third-order valence-electron chi connectivity index (χ3n) is 7.64. The van der Waals surface area contributed by atoms with Crippen molar-refractivity contribution in [3.05, 3.63) is 65.2 Å². The molecule has 1 aliphatic heterocycles. The van der Waals surface area contributed by atoms with E-state index < -0.39 is 36.1 Å². The molecule has 1 heterocycles. The number of rotatable bonds is 6. The second kappa shape index (κ2) is 10.7. The molecule has 2 amide bonds. The Balaban J connectivity index is 1.49. The molecule has 38 heavy (non-hydrogen) atoms. The van der Waals surface area contributed by atoms with Gasteiger partial charge in [-0.2, -0.15) is 0 Å². The van der Waals surface area contributed by atoms with Crippen LogP contribution in [0.15, 0.2) is 48.5 Å². The minimum atomic E-state index is -0.790. The van der Waals surface area contributed by atoms with Crippen LogP contribution in [-0.4, -0.2) is 42.0 Å². The van der Waals surface area contributed by atoms with Gasteiger partial charge in [0, 0.05) is 6.42 Å². The monoisotopic (exact) mass is 520 g/mol. The zero-order valence-corrected chi connectivity index (χ0v) is 23.7. The topological polar surface area (TPSA) is 85.9 Å². The first-order valence-corrected chi connectivity index (χ1v) is 13.6. The van der Waals surface area contributed by atoms with Crippen molar-refractivity contribution < 1.29 is 23.6 Å². The Morgan fingerprint density at radius 2 is 1.66 bits per heavy atom. The van der Waals surface area contributed by atoms with Crippen LogP contribution in [-0.2, 0) is 31.7 Å². The number of fused-ring (bicyclic) bond motifs is 1. The van der Waals surface area contributed by atoms with Gasteiger partial charge in [-0.1, -0.05) is 48.5 Å². The highest BCUT2D eigenvalue weighted by Crippen LogP contribution is 2.36. The summed E-state index contributed by atoms with van der Waals surface area (Å²) >= 11 is 0. The lowest BCUT2D eigenvalue weighted by Crippen LogP contribution is -2.50. The van der Waals surface area contributed by atoms with E-state index in [9.17, 15) is 9.59 Å². The van der Waals surface area contributed by atoms with Gasteiger partial charge in [0.05, 0.1) is 17.2 Å². The Morgan fingerprint density at radius 3 is 2.29 bits per heavy atom. The Kier molecular flexibility index (Phi) is 7.96. The quantitative estimate of drug-likeness (QED) is 0.544. The summed E-state index contributed by atoms with van der Waals surface area (Å²) < 4.78 is 17.8. The molecule has 4 rings (SSSR count). The molecule has 2 aliphatic rings. The second-order valence-electron chi connectivity index (χ2n) is 12.4. The third-order valence-corrected chi connectivity index (χ3v) is 7.64. The second-order valence-corrected chi connectivity index (χ2v) is 12.4. The molecule has 7 nitrogen and oxygen atoms in total. The van der Waals surface area contributed by atoms with Crippen molar-refractivity contribution in [1.82, 2.24) is 10.6 Å². The number of carbonyl (C=O) groups excluding carboxylic acids is 2. The van der Waals surface area contributed by atoms with E-state index in [2.05, 4.69) is 22.8 Å². The van der Waals surface area contributed by atoms with Gasteiger partial charge in [-0.3, -0.25) is 4.79 Å². The molecule has 204 valence electrons. The Hall–Kier alpha value is -2.84. The van der Waals surface area contributed by atoms with Gasteiger partial charge >= 0.3 is 13.2 Å². The van der Waals surface area contributed by atoms with Crippen LogP contribution in [0.4, 0.5) is 4.79 Å². The number of carbonyl (C=O) groups is 2. The van der Waals surface area contributed by atoms with Gasteiger partial charge in [-0.25, -0.2) is 4.79 Å². The van der Waals surface area contributed by atoms with E-state index in [1.807, 2.05) is 64.1 Å². The highest BCUT2D eigenvalue weighted by molar-refractivity contribution is 6.62. The van der Waals surface area contributed by atoms with E-state index in [1.165, 1.54) is 5.56 Å². The van der Waals surface area contributed by atoms with Crippen molar-refractivity contribution >= 4 is 24.6 Å². The van der Waals surface area contributed by atoms with E-state index in [-0.39, 0.29) is 11.9 Å². The predicted molar refractivity (Wildman–Crippen MR) is 149 cm³/mol. The highest BCUT2D eigenvalue weighted by Gasteiger charge is 2.51. The first-order valence-electron chi connectivity index (χ1n) is 13.6. The van der Waals surface area contributed by atoms with E-state index in [0.29, 0.717) is 6.42 Å². The molecular formula is C30H41BN2O5. The molecule has 8 heteroatoms. The van der Waals surface area contributed by atoms with Crippen molar-refractivity contribution in [3.8, 4) is 0 Å². The number of hydrogen-bond donors (Lipinski definition) is 2. The molecule has 0 spiro atoms. The molecule has 0 bridgehead atoms. The summed E-state index contributed by atoms with van der Waals surface area (Å²) in [6.45, 7) is 13.5. The van der Waals surface area contributed by atoms with Gasteiger partial charge in [0.25, 0.3) is 0 Å². The van der Waals surface area contributed by atoms with Crippen LogP contribution in [0.25, 0.3) is 0 Å². The summed E-state index contributed by atoms with van der Waals surface area (Å²) in [5.41, 5.74) is 2.72. The van der Waals surface area contributed by atoms with Gasteiger partial charge in [-0.15, -0.1) is 0 Å². The summed E-state index contributed by atoms with van der Waals surface area (Å²) in [6, 6.07) is 15.2. The number of benzene rings is 2. The molecule has 0 radical (unpaired) electrons. The van der Waals surface area contributed by atoms with E-state index in [0.717, 1.165) is 35.9 Å². The van der Waals surface area contributed by atoms with Gasteiger partial charge in [0.15, 0.2) is 0 Å². The maximum atomic E-state index is 13.5. The van der Waals surface area contributed by atoms with Gasteiger partial charge < -0.3 is 24.7 Å². The Labute approximate surface area is 227 Å². The van der Waals surface area contributed by atoms with Crippen molar-refractivity contribution in [3.63, 3.8) is 0 Å². The molecule has 2 N–H and O–H groups in total. The van der Waals surface area contributed by atoms with Crippen molar-refractivity contribution in [2.24, 2.45) is 0 Å². The number of aryl methyl sites for hydroxylation is 1. The average molecular weight is 520 g/mol. The first-order chi connectivity index (χ1) is 17.7. The lowest BCUT2D eigenvalue weighted by molar-refractivity contribution is -0.124. The summed E-state index contributed by atoms with van der Waals surface area (Å²) in [5, 5.41) is 5.99. The smallest absolute Gasteiger partial charge is 0.444 e. The predicted octanol–water partition coefficient (Wildman–Crippen LogP) is 4.62. The molecule has 2 aromatic rings. The molecular weight excluding hydrogens is 479 g/mol. The molecule has 1 saturated heterocycles. The molecule has 0 aromatic heterocycles. The summed E-state index contributed by atoms with van der Waals surface area (Å²) in [7, 11) is -0.459. The van der Waals surface area contributed by atoms with E-state index >= 15 is 0 Å². The fraction of sp³-hybridized carbons (Fsp3) is 0.533. The summed E-state index contributed by atoms with van der Waals surface area (Å²) in [6.07, 6.45) is 2.59. The SMILES string of the molecule is CC(C)(C)OC(=O)N[C@@H](Cc1ccc(B2OC(C)(C)C(C)(C)O2)cc1)C(=O)NC1CCCc2ccccc21. The lowest BCUT2D eigenvalue weighted by atomic mass is 9.78. The first kappa shape index (κ1) is 28.2. The Morgan fingerprint density at radius 1 is 1.03 bits per heavy atom. The minimum Gasteiger partial charge on any atom is -0.444 e. The normalized spacial score (nSPS) is 20.8. The maximum Gasteiger partial charge on any atom is 0.494 e. The van der Waals surface area contributed by atoms with Gasteiger partial charge in [0.1, 0.15) is 11.6 Å². The van der Waals surface area contributed by atoms with Crippen LogP contribution >= 0.6 is 0 Å². The van der Waals surface area contributed by atoms with Crippen LogP contribution < -0.4 is 16.1 Å². The standard InChI is InChI=1S/C30H41BN2O5/c1-28(2,3)36-27(35)33-25(26(34)32-24-14-10-12-21-11-8-9-13-23(21)24)19-20-15-17-22(18-16-20)31-37-29(4,5)30(6,7)38-31/h8-9,11,13,15-18,24-25H,10,12,14,19H2,1-7H3,(H,32,34)(H,33,35)/t24?,25-/m0/s1. The van der Waals surface area contributed by atoms with Crippen molar-refractivity contribution in [1.29, 1.82) is 0 Å². The molecule has 1 unspecified atom stereocenters. The highest BCUT2D eigenvalue weighted by atomic mass is 16.7. The zero-order chi connectivity index (χ0) is 27.7. The number of ether oxygens (including phenoxy) is 1. The van der Waals surface area contributed by atoms with E-state index in [4.69, 9.17) is 14.0 Å². The summed E-state index contributed by atoms with van der Waals surface area (Å²) in [5.74, 6) is -0.229. The summed E-state index contributed by atoms with van der Waals surface area (Å²) in [4.78, 5) is 26.2. The van der Waals surface area contributed by atoms with Gasteiger partial charge in [-0.05, 0) is 89.9 Å². The van der Waals surface area contributed by atoms with Crippen LogP contribution in [0.1, 0.15) is 84.0 Å². The van der Waals surface area contributed by atoms with E-state index in [1.54, 1.807) is 20.8 Å². The lowest BCUT2D eigenvalue weighted by Gasteiger charge is -2.32. The molecule has 0 saturated carbocycles. The van der Waals surface area contributed by atoms with Crippen LogP contribution in [0.3, 0.4) is 0 Å². The van der Waals surface area contributed by atoms with Crippen LogP contribution in [0.5, 0.6) is 0 Å². The maximum absolute atomic E-state index is 13.5. The number of amides is 2. The number of hydrogen-bond acceptors (Lipinski definition) is 5. The fourth-order valence-electron chi connectivity index (χ4n) is 4.86. The molecule has 1 fully saturated rings. The number of nitrogens with one attached hydrogen (secondary N) is 2. The molecule has 2 aromatic carbocycles. The molecule has 1 aliphatic carbocycles. The average Bonchev–Trinajstić information content (AvgIpc) is 3.05. The van der Waals surface area contributed by atoms with Crippen molar-refractivity contribution in [2.45, 2.75) is 103 Å². The minimum absolute atomic E-state index is 0.0823. The number of alkyl carbamates (subject to hydrolysis) is 1. The van der Waals surface area contributed by atoms with Gasteiger partial charge in [0.2, 0.25) is 5.91 Å². The van der Waals surface area contributed by atoms with Crippen LogP contribution in [0.2, 0.25) is 0 Å². The zero-order valence-electron chi connectivity index (χ0n) is 23.7. The largest absolute Gasteiger partial charge is 0.494 e.